The van der Waals surface area contributed by atoms with E-state index in [1.807, 2.05) is 13.0 Å². The minimum atomic E-state index is -0.438. The Morgan fingerprint density at radius 2 is 2.19 bits per heavy atom. The predicted molar refractivity (Wildman–Crippen MR) is 59.3 cm³/mol. The summed E-state index contributed by atoms with van der Waals surface area (Å²) in [4.78, 5) is 16.4. The van der Waals surface area contributed by atoms with Crippen LogP contribution in [-0.4, -0.2) is 24.4 Å². The third-order valence-electron chi connectivity index (χ3n) is 2.45. The number of oxime groups is 1. The first-order valence-corrected chi connectivity index (χ1v) is 5.22. The maximum Gasteiger partial charge on any atom is 0.365 e. The molecule has 4 nitrogen and oxygen atoms in total. The SMILES string of the molecule is CC1OCCC1=NOC(=O)c1ccccc1. The molecule has 0 N–H and O–H groups in total. The van der Waals surface area contributed by atoms with Gasteiger partial charge in [0, 0.05) is 6.42 Å². The van der Waals surface area contributed by atoms with Crippen molar-refractivity contribution in [2.45, 2.75) is 19.4 Å². The second-order valence-corrected chi connectivity index (χ2v) is 3.59. The van der Waals surface area contributed by atoms with Crippen LogP contribution in [0.4, 0.5) is 0 Å². The standard InChI is InChI=1S/C12H13NO3/c1-9-11(7-8-15-9)13-16-12(14)10-5-3-2-4-6-10/h2-6,9H,7-8H2,1H3. The van der Waals surface area contributed by atoms with Crippen molar-refractivity contribution in [1.82, 2.24) is 0 Å². The summed E-state index contributed by atoms with van der Waals surface area (Å²) in [6.45, 7) is 2.53. The molecule has 1 fully saturated rings. The number of hydrogen-bond donors (Lipinski definition) is 0. The fraction of sp³-hybridized carbons (Fsp3) is 0.333. The van der Waals surface area contributed by atoms with E-state index in [1.54, 1.807) is 24.3 Å². The van der Waals surface area contributed by atoms with Gasteiger partial charge in [0.2, 0.25) is 0 Å². The van der Waals surface area contributed by atoms with Gasteiger partial charge in [0.05, 0.1) is 24.0 Å². The maximum absolute atomic E-state index is 11.5. The van der Waals surface area contributed by atoms with Gasteiger partial charge in [-0.25, -0.2) is 4.79 Å². The zero-order valence-corrected chi connectivity index (χ0v) is 9.05. The first-order chi connectivity index (χ1) is 7.77. The van der Waals surface area contributed by atoms with Gasteiger partial charge < -0.3 is 9.57 Å². The molecule has 1 aliphatic heterocycles. The molecule has 0 radical (unpaired) electrons. The Bertz CT molecular complexity index is 400. The third-order valence-corrected chi connectivity index (χ3v) is 2.45. The van der Waals surface area contributed by atoms with Crippen molar-refractivity contribution in [2.75, 3.05) is 6.61 Å². The Labute approximate surface area is 93.9 Å². The number of nitrogens with zero attached hydrogens (tertiary/aromatic N) is 1. The van der Waals surface area contributed by atoms with E-state index >= 15 is 0 Å². The molecule has 1 unspecified atom stereocenters. The van der Waals surface area contributed by atoms with Gasteiger partial charge in [0.15, 0.2) is 0 Å². The van der Waals surface area contributed by atoms with Crippen molar-refractivity contribution < 1.29 is 14.4 Å². The van der Waals surface area contributed by atoms with Gasteiger partial charge in [-0.3, -0.25) is 0 Å². The maximum atomic E-state index is 11.5. The summed E-state index contributed by atoms with van der Waals surface area (Å²) >= 11 is 0. The first-order valence-electron chi connectivity index (χ1n) is 5.22. The highest BCUT2D eigenvalue weighted by atomic mass is 16.7. The molecule has 0 aliphatic carbocycles. The third kappa shape index (κ3) is 2.46. The van der Waals surface area contributed by atoms with E-state index in [0.29, 0.717) is 12.2 Å². The second-order valence-electron chi connectivity index (χ2n) is 3.59. The zero-order chi connectivity index (χ0) is 11.4. The molecule has 0 spiro atoms. The van der Waals surface area contributed by atoms with Crippen molar-refractivity contribution in [3.8, 4) is 0 Å². The van der Waals surface area contributed by atoms with Crippen LogP contribution in [0.25, 0.3) is 0 Å². The number of carbonyl (C=O) groups is 1. The monoisotopic (exact) mass is 219 g/mol. The molecule has 1 aromatic rings. The molecule has 0 amide bonds. The molecule has 1 saturated heterocycles. The van der Waals surface area contributed by atoms with E-state index in [2.05, 4.69) is 5.16 Å². The number of carbonyl (C=O) groups excluding carboxylic acids is 1. The van der Waals surface area contributed by atoms with Crippen LogP contribution in [0.2, 0.25) is 0 Å². The Hall–Kier alpha value is -1.68. The van der Waals surface area contributed by atoms with Crippen molar-refractivity contribution >= 4 is 11.7 Å². The Balaban J connectivity index is 1.98. The Morgan fingerprint density at radius 3 is 2.81 bits per heavy atom. The zero-order valence-electron chi connectivity index (χ0n) is 9.05. The Morgan fingerprint density at radius 1 is 1.44 bits per heavy atom. The topological polar surface area (TPSA) is 47.9 Å². The smallest absolute Gasteiger partial charge is 0.365 e. The lowest BCUT2D eigenvalue weighted by Gasteiger charge is -2.02. The second kappa shape index (κ2) is 4.90. The fourth-order valence-corrected chi connectivity index (χ4v) is 1.49. The molecule has 2 rings (SSSR count). The van der Waals surface area contributed by atoms with E-state index in [0.717, 1.165) is 12.1 Å². The molecule has 1 aliphatic rings. The van der Waals surface area contributed by atoms with Gasteiger partial charge >= 0.3 is 5.97 Å². The predicted octanol–water partition coefficient (Wildman–Crippen LogP) is 2.01. The molecular weight excluding hydrogens is 206 g/mol. The van der Waals surface area contributed by atoms with Crippen LogP contribution in [0.1, 0.15) is 23.7 Å². The summed E-state index contributed by atoms with van der Waals surface area (Å²) in [5, 5.41) is 3.82. The summed E-state index contributed by atoms with van der Waals surface area (Å²) in [7, 11) is 0. The molecule has 0 aromatic heterocycles. The summed E-state index contributed by atoms with van der Waals surface area (Å²) in [6, 6.07) is 8.79. The van der Waals surface area contributed by atoms with Gasteiger partial charge in [0.1, 0.15) is 0 Å². The lowest BCUT2D eigenvalue weighted by Crippen LogP contribution is -2.12. The number of hydrogen-bond acceptors (Lipinski definition) is 4. The quantitative estimate of drug-likeness (QED) is 0.564. The van der Waals surface area contributed by atoms with E-state index < -0.39 is 5.97 Å². The molecule has 16 heavy (non-hydrogen) atoms. The van der Waals surface area contributed by atoms with E-state index in [9.17, 15) is 4.79 Å². The molecule has 84 valence electrons. The molecule has 1 aromatic carbocycles. The number of benzene rings is 1. The van der Waals surface area contributed by atoms with Crippen molar-refractivity contribution in [2.24, 2.45) is 5.16 Å². The first kappa shape index (κ1) is 10.8. The van der Waals surface area contributed by atoms with Crippen molar-refractivity contribution in [1.29, 1.82) is 0 Å². The highest BCUT2D eigenvalue weighted by Gasteiger charge is 2.19. The summed E-state index contributed by atoms with van der Waals surface area (Å²) in [5.74, 6) is -0.438. The average molecular weight is 219 g/mol. The van der Waals surface area contributed by atoms with Gasteiger partial charge in [-0.1, -0.05) is 23.4 Å². The van der Waals surface area contributed by atoms with Crippen LogP contribution in [0.5, 0.6) is 0 Å². The van der Waals surface area contributed by atoms with Crippen LogP contribution in [0.3, 0.4) is 0 Å². The lowest BCUT2D eigenvalue weighted by atomic mass is 10.2. The van der Waals surface area contributed by atoms with Crippen molar-refractivity contribution in [3.05, 3.63) is 35.9 Å². The fourth-order valence-electron chi connectivity index (χ4n) is 1.49. The van der Waals surface area contributed by atoms with Gasteiger partial charge in [0.25, 0.3) is 0 Å². The Kier molecular flexibility index (Phi) is 3.31. The van der Waals surface area contributed by atoms with Gasteiger partial charge in [-0.15, -0.1) is 0 Å². The molecular formula is C12H13NO3. The molecule has 0 bridgehead atoms. The number of ether oxygens (including phenoxy) is 1. The van der Waals surface area contributed by atoms with E-state index in [4.69, 9.17) is 9.57 Å². The average Bonchev–Trinajstić information content (AvgIpc) is 2.73. The van der Waals surface area contributed by atoms with Crippen LogP contribution >= 0.6 is 0 Å². The van der Waals surface area contributed by atoms with Crippen LogP contribution in [0, 0.1) is 0 Å². The largest absolute Gasteiger partial charge is 0.372 e. The number of rotatable bonds is 2. The summed E-state index contributed by atoms with van der Waals surface area (Å²) in [5.41, 5.74) is 1.28. The minimum absolute atomic E-state index is 0.0522. The summed E-state index contributed by atoms with van der Waals surface area (Å²) in [6.07, 6.45) is 0.673. The lowest BCUT2D eigenvalue weighted by molar-refractivity contribution is 0.0511. The van der Waals surface area contributed by atoms with Crippen molar-refractivity contribution in [3.63, 3.8) is 0 Å². The van der Waals surface area contributed by atoms with Crippen LogP contribution in [-0.2, 0) is 9.57 Å². The molecule has 4 heteroatoms. The highest BCUT2D eigenvalue weighted by molar-refractivity contribution is 5.92. The summed E-state index contributed by atoms with van der Waals surface area (Å²) < 4.78 is 5.28. The van der Waals surface area contributed by atoms with Crippen LogP contribution < -0.4 is 0 Å². The van der Waals surface area contributed by atoms with Gasteiger partial charge in [-0.05, 0) is 19.1 Å². The minimum Gasteiger partial charge on any atom is -0.372 e. The van der Waals surface area contributed by atoms with Crippen LogP contribution in [0.15, 0.2) is 35.5 Å². The highest BCUT2D eigenvalue weighted by Crippen LogP contribution is 2.10. The normalized spacial score (nSPS) is 22.3. The molecule has 0 saturated carbocycles. The van der Waals surface area contributed by atoms with E-state index in [-0.39, 0.29) is 6.10 Å². The molecule has 1 atom stereocenters. The molecule has 1 heterocycles. The van der Waals surface area contributed by atoms with E-state index in [1.165, 1.54) is 0 Å². The van der Waals surface area contributed by atoms with Gasteiger partial charge in [-0.2, -0.15) is 0 Å².